The van der Waals surface area contributed by atoms with E-state index >= 15 is 0 Å². The molecule has 0 unspecified atom stereocenters. The highest BCUT2D eigenvalue weighted by molar-refractivity contribution is 7.80. The number of anilines is 1. The number of carbonyl (C=O) groups excluding carboxylic acids is 1. The van der Waals surface area contributed by atoms with Gasteiger partial charge < -0.3 is 20.1 Å². The number of thiocarbonyl (C=S) groups is 1. The number of hydrogen-bond acceptors (Lipinski definition) is 3. The number of nitrogens with zero attached hydrogens (tertiary/aromatic N) is 3. The Morgan fingerprint density at radius 1 is 1.09 bits per heavy atom. The van der Waals surface area contributed by atoms with Crippen LogP contribution < -0.4 is 10.6 Å². The van der Waals surface area contributed by atoms with Gasteiger partial charge in [-0.1, -0.05) is 43.0 Å². The summed E-state index contributed by atoms with van der Waals surface area (Å²) < 4.78 is 2.45. The molecule has 1 amide bonds. The number of pyridine rings is 1. The molecule has 182 valence electrons. The molecule has 0 spiro atoms. The largest absolute Gasteiger partial charge is 0.352 e. The van der Waals surface area contributed by atoms with Crippen LogP contribution in [0.1, 0.15) is 73.6 Å². The van der Waals surface area contributed by atoms with E-state index in [9.17, 15) is 4.79 Å². The van der Waals surface area contributed by atoms with Crippen molar-refractivity contribution >= 4 is 28.9 Å². The first-order valence-corrected chi connectivity index (χ1v) is 13.0. The number of aryl methyl sites for hydroxylation is 1. The average molecular weight is 488 g/mol. The van der Waals surface area contributed by atoms with Crippen LogP contribution in [0.4, 0.5) is 5.69 Å². The van der Waals surface area contributed by atoms with Crippen LogP contribution in [0.3, 0.4) is 0 Å². The second-order valence-electron chi connectivity index (χ2n) is 9.62. The van der Waals surface area contributed by atoms with Crippen LogP contribution in [0.2, 0.25) is 0 Å². The molecule has 1 aliphatic carbocycles. The lowest BCUT2D eigenvalue weighted by molar-refractivity contribution is -0.116. The summed E-state index contributed by atoms with van der Waals surface area (Å²) in [4.78, 5) is 19.6. The van der Waals surface area contributed by atoms with E-state index in [2.05, 4.69) is 49.5 Å². The molecule has 2 aliphatic rings. The summed E-state index contributed by atoms with van der Waals surface area (Å²) in [7, 11) is 0. The minimum absolute atomic E-state index is 0.0145. The molecule has 7 heteroatoms. The molecule has 3 aromatic rings. The Hall–Kier alpha value is -3.19. The zero-order valence-corrected chi connectivity index (χ0v) is 21.0. The molecule has 0 radical (unpaired) electrons. The lowest BCUT2D eigenvalue weighted by atomic mass is 9.94. The summed E-state index contributed by atoms with van der Waals surface area (Å²) in [6.45, 7) is 2.57. The maximum atomic E-state index is 12.8. The molecular formula is C28H33N5OS. The maximum absolute atomic E-state index is 12.8. The second kappa shape index (κ2) is 10.6. The SMILES string of the molecule is Cc1ccc(NC(=O)CCN2C(=S)N[C@H](c3ccccn3)[C@H]2c2cccn2C2CCCCC2)cc1. The maximum Gasteiger partial charge on any atom is 0.226 e. The molecule has 5 rings (SSSR count). The lowest BCUT2D eigenvalue weighted by Gasteiger charge is -2.32. The fraction of sp³-hybridized carbons (Fsp3) is 0.393. The van der Waals surface area contributed by atoms with Gasteiger partial charge in [-0.25, -0.2) is 0 Å². The normalized spacial score (nSPS) is 20.6. The van der Waals surface area contributed by atoms with Gasteiger partial charge in [-0.15, -0.1) is 0 Å². The van der Waals surface area contributed by atoms with E-state index in [1.165, 1.54) is 43.4 Å². The third-order valence-electron chi connectivity index (χ3n) is 7.20. The summed E-state index contributed by atoms with van der Waals surface area (Å²) in [6.07, 6.45) is 10.7. The van der Waals surface area contributed by atoms with Crippen LogP contribution in [0.5, 0.6) is 0 Å². The van der Waals surface area contributed by atoms with E-state index in [-0.39, 0.29) is 18.0 Å². The average Bonchev–Trinajstić information content (AvgIpc) is 3.49. The number of rotatable bonds is 7. The standard InChI is InChI=1S/C28H33N5OS/c1-20-12-14-21(15-13-20)30-25(34)16-19-33-27(26(31-28(33)35)23-10-5-6-17-29-23)24-11-7-18-32(24)22-8-3-2-4-9-22/h5-7,10-15,17-18,22,26-27H,2-4,8-9,16,19H2,1H3,(H,30,34)(H,31,35)/t26-,27-/m1/s1. The minimum Gasteiger partial charge on any atom is -0.352 e. The van der Waals surface area contributed by atoms with Gasteiger partial charge in [-0.05, 0) is 68.4 Å². The highest BCUT2D eigenvalue weighted by Gasteiger charge is 2.41. The predicted molar refractivity (Wildman–Crippen MR) is 143 cm³/mol. The van der Waals surface area contributed by atoms with Gasteiger partial charge in [0.15, 0.2) is 5.11 Å². The van der Waals surface area contributed by atoms with Gasteiger partial charge in [-0.3, -0.25) is 9.78 Å². The first kappa shape index (κ1) is 23.5. The topological polar surface area (TPSA) is 62.2 Å². The van der Waals surface area contributed by atoms with E-state index in [1.807, 2.05) is 49.5 Å². The van der Waals surface area contributed by atoms with Crippen molar-refractivity contribution in [1.82, 2.24) is 19.8 Å². The molecule has 1 saturated carbocycles. The van der Waals surface area contributed by atoms with E-state index in [0.717, 1.165) is 11.4 Å². The Labute approximate surface area is 212 Å². The molecule has 2 atom stereocenters. The number of aromatic nitrogens is 2. The number of hydrogen-bond donors (Lipinski definition) is 2. The first-order valence-electron chi connectivity index (χ1n) is 12.6. The highest BCUT2D eigenvalue weighted by Crippen LogP contribution is 2.41. The fourth-order valence-corrected chi connectivity index (χ4v) is 5.73. The Bertz CT molecular complexity index is 1150. The van der Waals surface area contributed by atoms with Crippen LogP contribution in [0.15, 0.2) is 67.0 Å². The van der Waals surface area contributed by atoms with Gasteiger partial charge in [0, 0.05) is 42.8 Å². The number of carbonyl (C=O) groups is 1. The molecular weight excluding hydrogens is 454 g/mol. The number of amides is 1. The third kappa shape index (κ3) is 5.25. The monoisotopic (exact) mass is 487 g/mol. The highest BCUT2D eigenvalue weighted by atomic mass is 32.1. The Balaban J connectivity index is 1.39. The van der Waals surface area contributed by atoms with E-state index in [0.29, 0.717) is 24.1 Å². The first-order chi connectivity index (χ1) is 17.1. The van der Waals surface area contributed by atoms with Crippen LogP contribution >= 0.6 is 12.2 Å². The summed E-state index contributed by atoms with van der Waals surface area (Å²) in [5.41, 5.74) is 4.18. The minimum atomic E-state index is -0.0684. The Kier molecular flexibility index (Phi) is 7.13. The molecule has 35 heavy (non-hydrogen) atoms. The zero-order valence-electron chi connectivity index (χ0n) is 20.2. The van der Waals surface area contributed by atoms with Crippen molar-refractivity contribution in [3.63, 3.8) is 0 Å². The molecule has 0 bridgehead atoms. The Morgan fingerprint density at radius 2 is 1.89 bits per heavy atom. The third-order valence-corrected chi connectivity index (χ3v) is 7.55. The zero-order chi connectivity index (χ0) is 24.2. The summed E-state index contributed by atoms with van der Waals surface area (Å²) in [5, 5.41) is 7.21. The van der Waals surface area contributed by atoms with Crippen molar-refractivity contribution in [1.29, 1.82) is 0 Å². The van der Waals surface area contributed by atoms with Gasteiger partial charge >= 0.3 is 0 Å². The molecule has 1 saturated heterocycles. The summed E-state index contributed by atoms with van der Waals surface area (Å²) in [6, 6.07) is 18.7. The van der Waals surface area contributed by atoms with Crippen molar-refractivity contribution in [2.75, 3.05) is 11.9 Å². The number of nitrogens with one attached hydrogen (secondary N) is 2. The molecule has 2 N–H and O–H groups in total. The summed E-state index contributed by atoms with van der Waals surface area (Å²) >= 11 is 5.81. The molecule has 2 aromatic heterocycles. The molecule has 1 aromatic carbocycles. The van der Waals surface area contributed by atoms with Crippen LogP contribution in [-0.2, 0) is 4.79 Å². The smallest absolute Gasteiger partial charge is 0.226 e. The van der Waals surface area contributed by atoms with Crippen LogP contribution in [0.25, 0.3) is 0 Å². The van der Waals surface area contributed by atoms with Crippen molar-refractivity contribution in [3.05, 3.63) is 83.9 Å². The van der Waals surface area contributed by atoms with E-state index < -0.39 is 0 Å². The van der Waals surface area contributed by atoms with E-state index in [1.54, 1.807) is 0 Å². The fourth-order valence-electron chi connectivity index (χ4n) is 5.40. The van der Waals surface area contributed by atoms with E-state index in [4.69, 9.17) is 12.2 Å². The van der Waals surface area contributed by atoms with Crippen molar-refractivity contribution in [2.24, 2.45) is 0 Å². The second-order valence-corrected chi connectivity index (χ2v) is 10.0. The van der Waals surface area contributed by atoms with Crippen molar-refractivity contribution in [3.8, 4) is 0 Å². The van der Waals surface area contributed by atoms with Crippen LogP contribution in [0, 0.1) is 6.92 Å². The predicted octanol–water partition coefficient (Wildman–Crippen LogP) is 5.70. The molecule has 2 fully saturated rings. The van der Waals surface area contributed by atoms with Crippen LogP contribution in [-0.4, -0.2) is 32.0 Å². The van der Waals surface area contributed by atoms with Gasteiger partial charge in [0.2, 0.25) is 5.91 Å². The molecule has 3 heterocycles. The summed E-state index contributed by atoms with van der Waals surface area (Å²) in [5.74, 6) is -0.0145. The molecule has 6 nitrogen and oxygen atoms in total. The van der Waals surface area contributed by atoms with Gasteiger partial charge in [-0.2, -0.15) is 0 Å². The van der Waals surface area contributed by atoms with Gasteiger partial charge in [0.25, 0.3) is 0 Å². The van der Waals surface area contributed by atoms with Crippen molar-refractivity contribution in [2.45, 2.75) is 63.6 Å². The van der Waals surface area contributed by atoms with Crippen molar-refractivity contribution < 1.29 is 4.79 Å². The molecule has 1 aliphatic heterocycles. The van der Waals surface area contributed by atoms with Gasteiger partial charge in [0.1, 0.15) is 0 Å². The quantitative estimate of drug-likeness (QED) is 0.419. The Morgan fingerprint density at radius 3 is 2.63 bits per heavy atom. The number of benzene rings is 1. The lowest BCUT2D eigenvalue weighted by Crippen LogP contribution is -2.33. The van der Waals surface area contributed by atoms with Gasteiger partial charge in [0.05, 0.1) is 17.8 Å².